The van der Waals surface area contributed by atoms with E-state index in [0.717, 1.165) is 0 Å². The van der Waals surface area contributed by atoms with Gasteiger partial charge < -0.3 is 10.1 Å². The number of hydrogen-bond acceptors (Lipinski definition) is 4. The Balaban J connectivity index is 2.39. The number of halogens is 1. The van der Waals surface area contributed by atoms with Gasteiger partial charge in [0.05, 0.1) is 17.2 Å². The molecule has 0 bridgehead atoms. The van der Waals surface area contributed by atoms with Gasteiger partial charge in [-0.05, 0) is 50.4 Å². The van der Waals surface area contributed by atoms with E-state index in [1.54, 1.807) is 25.1 Å². The van der Waals surface area contributed by atoms with Crippen LogP contribution in [-0.4, -0.2) is 28.0 Å². The first-order valence-electron chi connectivity index (χ1n) is 7.14. The molecule has 0 unspecified atom stereocenters. The Kier molecular flexibility index (Phi) is 5.82. The van der Waals surface area contributed by atoms with E-state index in [9.17, 15) is 13.2 Å². The quantitative estimate of drug-likeness (QED) is 0.821. The molecule has 128 valence electrons. The van der Waals surface area contributed by atoms with Crippen LogP contribution in [0.5, 0.6) is 5.75 Å². The monoisotopic (exact) mass is 368 g/mol. The van der Waals surface area contributed by atoms with Crippen LogP contribution in [0.2, 0.25) is 5.02 Å². The van der Waals surface area contributed by atoms with Crippen molar-refractivity contribution in [1.82, 2.24) is 4.72 Å². The molecule has 2 aromatic rings. The maximum absolute atomic E-state index is 12.4. The van der Waals surface area contributed by atoms with E-state index in [0.29, 0.717) is 22.9 Å². The van der Waals surface area contributed by atoms with Gasteiger partial charge in [-0.15, -0.1) is 0 Å². The second-order valence-corrected chi connectivity index (χ2v) is 7.09. The molecule has 0 heterocycles. The lowest BCUT2D eigenvalue weighted by Gasteiger charge is -2.13. The summed E-state index contributed by atoms with van der Waals surface area (Å²) in [5.74, 6) is -0.0413. The minimum Gasteiger partial charge on any atom is -0.492 e. The second kappa shape index (κ2) is 7.65. The average molecular weight is 369 g/mol. The number of amides is 1. The van der Waals surface area contributed by atoms with Crippen molar-refractivity contribution in [2.45, 2.75) is 11.8 Å². The molecule has 1 amide bonds. The summed E-state index contributed by atoms with van der Waals surface area (Å²) in [6, 6.07) is 10.7. The molecule has 0 atom stereocenters. The SMILES string of the molecule is CCOc1ccc(S(=O)(=O)NC)cc1NC(=O)c1cccc(Cl)c1. The van der Waals surface area contributed by atoms with Gasteiger partial charge in [0.1, 0.15) is 5.75 Å². The summed E-state index contributed by atoms with van der Waals surface area (Å²) in [6.45, 7) is 2.17. The number of hydrogen-bond donors (Lipinski definition) is 2. The number of ether oxygens (including phenoxy) is 1. The van der Waals surface area contributed by atoms with Crippen LogP contribution in [0.4, 0.5) is 5.69 Å². The minimum atomic E-state index is -3.64. The van der Waals surface area contributed by atoms with Crippen molar-refractivity contribution >= 4 is 33.2 Å². The lowest BCUT2D eigenvalue weighted by Crippen LogP contribution is -2.19. The second-order valence-electron chi connectivity index (χ2n) is 4.76. The summed E-state index contributed by atoms with van der Waals surface area (Å²) < 4.78 is 31.6. The fourth-order valence-corrected chi connectivity index (χ4v) is 2.94. The zero-order valence-corrected chi connectivity index (χ0v) is 14.7. The number of carbonyl (C=O) groups is 1. The van der Waals surface area contributed by atoms with Gasteiger partial charge in [-0.25, -0.2) is 13.1 Å². The summed E-state index contributed by atoms with van der Waals surface area (Å²) in [5.41, 5.74) is 0.616. The first-order valence-corrected chi connectivity index (χ1v) is 9.01. The van der Waals surface area contributed by atoms with Crippen molar-refractivity contribution < 1.29 is 17.9 Å². The van der Waals surface area contributed by atoms with E-state index in [1.165, 1.54) is 31.3 Å². The molecule has 0 aliphatic rings. The van der Waals surface area contributed by atoms with Crippen LogP contribution in [0.3, 0.4) is 0 Å². The molecule has 24 heavy (non-hydrogen) atoms. The van der Waals surface area contributed by atoms with Crippen LogP contribution in [0, 0.1) is 0 Å². The lowest BCUT2D eigenvalue weighted by atomic mass is 10.2. The summed E-state index contributed by atoms with van der Waals surface area (Å²) in [4.78, 5) is 12.4. The van der Waals surface area contributed by atoms with E-state index in [2.05, 4.69) is 10.0 Å². The standard InChI is InChI=1S/C16H17ClN2O4S/c1-3-23-15-8-7-13(24(21,22)18-2)10-14(15)19-16(20)11-5-4-6-12(17)9-11/h4-10,18H,3H2,1-2H3,(H,19,20). The van der Waals surface area contributed by atoms with Crippen LogP contribution in [-0.2, 0) is 10.0 Å². The third-order valence-electron chi connectivity index (χ3n) is 3.16. The number of nitrogens with one attached hydrogen (secondary N) is 2. The number of rotatable bonds is 6. The largest absolute Gasteiger partial charge is 0.492 e. The number of carbonyl (C=O) groups excluding carboxylic acids is 1. The fraction of sp³-hybridized carbons (Fsp3) is 0.188. The van der Waals surface area contributed by atoms with Crippen molar-refractivity contribution in [1.29, 1.82) is 0 Å². The van der Waals surface area contributed by atoms with Gasteiger partial charge in [-0.2, -0.15) is 0 Å². The normalized spacial score (nSPS) is 11.1. The Morgan fingerprint density at radius 2 is 1.96 bits per heavy atom. The van der Waals surface area contributed by atoms with E-state index >= 15 is 0 Å². The molecule has 0 saturated carbocycles. The van der Waals surface area contributed by atoms with Crippen molar-refractivity contribution in [2.75, 3.05) is 19.0 Å². The maximum atomic E-state index is 12.4. The number of sulfonamides is 1. The minimum absolute atomic E-state index is 0.0230. The smallest absolute Gasteiger partial charge is 0.255 e. The third-order valence-corrected chi connectivity index (χ3v) is 4.81. The van der Waals surface area contributed by atoms with Crippen LogP contribution >= 0.6 is 11.6 Å². The van der Waals surface area contributed by atoms with E-state index < -0.39 is 15.9 Å². The van der Waals surface area contributed by atoms with Crippen LogP contribution in [0.1, 0.15) is 17.3 Å². The van der Waals surface area contributed by atoms with Crippen molar-refractivity contribution in [3.8, 4) is 5.75 Å². The maximum Gasteiger partial charge on any atom is 0.255 e. The highest BCUT2D eigenvalue weighted by Gasteiger charge is 2.17. The molecule has 0 saturated heterocycles. The predicted octanol–water partition coefficient (Wildman–Crippen LogP) is 2.90. The number of anilines is 1. The first kappa shape index (κ1) is 18.3. The molecule has 2 aromatic carbocycles. The van der Waals surface area contributed by atoms with E-state index in [4.69, 9.17) is 16.3 Å². The molecule has 2 rings (SSSR count). The molecule has 0 aliphatic carbocycles. The molecule has 0 spiro atoms. The molecule has 0 fully saturated rings. The Morgan fingerprint density at radius 1 is 1.21 bits per heavy atom. The summed E-state index contributed by atoms with van der Waals surface area (Å²) in [6.07, 6.45) is 0. The summed E-state index contributed by atoms with van der Waals surface area (Å²) in [5, 5.41) is 3.09. The van der Waals surface area contributed by atoms with Crippen LogP contribution < -0.4 is 14.8 Å². The molecular formula is C16H17ClN2O4S. The van der Waals surface area contributed by atoms with Gasteiger partial charge in [0.2, 0.25) is 10.0 Å². The van der Waals surface area contributed by atoms with E-state index in [1.807, 2.05) is 0 Å². The fourth-order valence-electron chi connectivity index (χ4n) is 2.00. The Morgan fingerprint density at radius 3 is 2.58 bits per heavy atom. The molecular weight excluding hydrogens is 352 g/mol. The molecule has 8 heteroatoms. The zero-order valence-electron chi connectivity index (χ0n) is 13.2. The van der Waals surface area contributed by atoms with Gasteiger partial charge in [0.25, 0.3) is 5.91 Å². The van der Waals surface area contributed by atoms with Crippen LogP contribution in [0.15, 0.2) is 47.4 Å². The molecule has 2 N–H and O–H groups in total. The Labute approximate surface area is 145 Å². The van der Waals surface area contributed by atoms with Crippen molar-refractivity contribution in [3.63, 3.8) is 0 Å². The third kappa shape index (κ3) is 4.25. The Hall–Kier alpha value is -2.09. The lowest BCUT2D eigenvalue weighted by molar-refractivity contribution is 0.102. The number of benzene rings is 2. The topological polar surface area (TPSA) is 84.5 Å². The van der Waals surface area contributed by atoms with Crippen molar-refractivity contribution in [2.24, 2.45) is 0 Å². The summed E-state index contributed by atoms with van der Waals surface area (Å²) >= 11 is 5.88. The molecule has 0 aliphatic heterocycles. The van der Waals surface area contributed by atoms with Gasteiger partial charge >= 0.3 is 0 Å². The van der Waals surface area contributed by atoms with Gasteiger partial charge in [0.15, 0.2) is 0 Å². The Bertz CT molecular complexity index is 853. The summed E-state index contributed by atoms with van der Waals surface area (Å²) in [7, 11) is -2.32. The van der Waals surface area contributed by atoms with Gasteiger partial charge in [-0.3, -0.25) is 4.79 Å². The zero-order chi connectivity index (χ0) is 17.7. The van der Waals surface area contributed by atoms with Crippen LogP contribution in [0.25, 0.3) is 0 Å². The highest BCUT2D eigenvalue weighted by Crippen LogP contribution is 2.28. The molecule has 6 nitrogen and oxygen atoms in total. The van der Waals surface area contributed by atoms with Gasteiger partial charge in [0, 0.05) is 10.6 Å². The highest BCUT2D eigenvalue weighted by atomic mass is 35.5. The molecule has 0 radical (unpaired) electrons. The van der Waals surface area contributed by atoms with E-state index in [-0.39, 0.29) is 10.6 Å². The average Bonchev–Trinajstić information content (AvgIpc) is 2.56. The first-order chi connectivity index (χ1) is 11.4. The molecule has 0 aromatic heterocycles. The van der Waals surface area contributed by atoms with Gasteiger partial charge in [-0.1, -0.05) is 17.7 Å². The highest BCUT2D eigenvalue weighted by molar-refractivity contribution is 7.89. The predicted molar refractivity (Wildman–Crippen MR) is 93.3 cm³/mol. The van der Waals surface area contributed by atoms with Crippen molar-refractivity contribution in [3.05, 3.63) is 53.1 Å².